The van der Waals surface area contributed by atoms with Gasteiger partial charge in [0.1, 0.15) is 13.2 Å². The standard InChI is InChI=1S/C70H110O6/c1-4-7-10-13-16-19-22-25-28-30-32-33-34-35-36-37-39-40-42-45-48-51-54-57-60-63-69(72)75-66-67(65-74-68(71)62-59-56-53-50-47-44-27-24-21-18-15-12-9-6-3)76-70(73)64-61-58-55-52-49-46-43-41-38-31-29-26-23-20-17-14-11-8-5-2/h7-8,10-11,16-17,19-20,24-29,32-33,35-36,38-41,45-46,48-49,67H,4-6,9,12-15,18,21-23,30-31,34,37,42-44,47,50-66H2,1-3H3/b10-7-,11-8-,19-16-,20-17-,27-24-,28-25-,29-26-,33-32-,36-35-,40-39-,41-38-,48-45-,49-46-. The summed E-state index contributed by atoms with van der Waals surface area (Å²) >= 11 is 0. The van der Waals surface area contributed by atoms with Crippen LogP contribution >= 0.6 is 0 Å². The summed E-state index contributed by atoms with van der Waals surface area (Å²) in [5, 5.41) is 0. The molecule has 0 aliphatic heterocycles. The van der Waals surface area contributed by atoms with Crippen LogP contribution < -0.4 is 0 Å². The van der Waals surface area contributed by atoms with E-state index in [2.05, 4.69) is 179 Å². The van der Waals surface area contributed by atoms with Crippen molar-refractivity contribution in [3.63, 3.8) is 0 Å². The summed E-state index contributed by atoms with van der Waals surface area (Å²) < 4.78 is 16.8. The molecule has 426 valence electrons. The molecule has 0 saturated carbocycles. The number of esters is 3. The summed E-state index contributed by atoms with van der Waals surface area (Å²) in [5.74, 6) is -0.994. The fraction of sp³-hybridized carbons (Fsp3) is 0.586. The molecule has 6 heteroatoms. The van der Waals surface area contributed by atoms with E-state index < -0.39 is 6.10 Å². The highest BCUT2D eigenvalue weighted by Gasteiger charge is 2.19. The van der Waals surface area contributed by atoms with Crippen LogP contribution in [-0.2, 0) is 28.6 Å². The average molecular weight is 1050 g/mol. The zero-order chi connectivity index (χ0) is 55.0. The molecule has 0 saturated heterocycles. The summed E-state index contributed by atoms with van der Waals surface area (Å²) in [6.07, 6.45) is 90.9. The third-order valence-electron chi connectivity index (χ3n) is 12.2. The molecule has 0 bridgehead atoms. The summed E-state index contributed by atoms with van der Waals surface area (Å²) in [7, 11) is 0. The van der Waals surface area contributed by atoms with Gasteiger partial charge in [0.2, 0.25) is 0 Å². The second-order valence-electron chi connectivity index (χ2n) is 19.5. The molecule has 0 fully saturated rings. The summed E-state index contributed by atoms with van der Waals surface area (Å²) in [6, 6.07) is 0. The molecule has 76 heavy (non-hydrogen) atoms. The zero-order valence-electron chi connectivity index (χ0n) is 48.7. The van der Waals surface area contributed by atoms with Gasteiger partial charge in [-0.05, 0) is 148 Å². The molecular formula is C70H110O6. The van der Waals surface area contributed by atoms with Crippen LogP contribution in [0.3, 0.4) is 0 Å². The van der Waals surface area contributed by atoms with Gasteiger partial charge >= 0.3 is 17.9 Å². The van der Waals surface area contributed by atoms with Crippen LogP contribution in [0.1, 0.15) is 245 Å². The third-order valence-corrected chi connectivity index (χ3v) is 12.2. The maximum atomic E-state index is 12.9. The van der Waals surface area contributed by atoms with E-state index in [4.69, 9.17) is 14.2 Å². The van der Waals surface area contributed by atoms with Gasteiger partial charge in [0.15, 0.2) is 6.10 Å². The number of hydrogen-bond donors (Lipinski definition) is 0. The van der Waals surface area contributed by atoms with Gasteiger partial charge in [-0.1, -0.05) is 237 Å². The average Bonchev–Trinajstić information content (AvgIpc) is 3.42. The van der Waals surface area contributed by atoms with Crippen LogP contribution in [0.5, 0.6) is 0 Å². The van der Waals surface area contributed by atoms with Gasteiger partial charge in [-0.15, -0.1) is 0 Å². The number of rotatable bonds is 53. The molecule has 0 N–H and O–H groups in total. The van der Waals surface area contributed by atoms with Crippen molar-refractivity contribution in [1.29, 1.82) is 0 Å². The highest BCUT2D eigenvalue weighted by Crippen LogP contribution is 2.13. The normalized spacial score (nSPS) is 13.2. The molecule has 0 radical (unpaired) electrons. The molecule has 0 aromatic heterocycles. The lowest BCUT2D eigenvalue weighted by atomic mass is 10.1. The highest BCUT2D eigenvalue weighted by atomic mass is 16.6. The van der Waals surface area contributed by atoms with Gasteiger partial charge in [-0.25, -0.2) is 0 Å². The minimum Gasteiger partial charge on any atom is -0.462 e. The number of allylic oxidation sites excluding steroid dienone is 26. The van der Waals surface area contributed by atoms with Crippen LogP contribution in [0, 0.1) is 0 Å². The van der Waals surface area contributed by atoms with Crippen molar-refractivity contribution >= 4 is 17.9 Å². The Balaban J connectivity index is 4.53. The van der Waals surface area contributed by atoms with E-state index in [1.807, 2.05) is 0 Å². The number of ether oxygens (including phenoxy) is 3. The molecule has 6 nitrogen and oxygen atoms in total. The van der Waals surface area contributed by atoms with Gasteiger partial charge in [0.05, 0.1) is 0 Å². The quantitative estimate of drug-likeness (QED) is 0.0261. The third kappa shape index (κ3) is 59.9. The Morgan fingerprint density at radius 2 is 0.513 bits per heavy atom. The molecule has 0 aliphatic carbocycles. The van der Waals surface area contributed by atoms with Crippen molar-refractivity contribution < 1.29 is 28.6 Å². The van der Waals surface area contributed by atoms with Gasteiger partial charge in [-0.3, -0.25) is 14.4 Å². The molecule has 0 heterocycles. The molecule has 0 spiro atoms. The Kier molecular flexibility index (Phi) is 58.5. The Hall–Kier alpha value is -4.97. The fourth-order valence-electron chi connectivity index (χ4n) is 7.74. The van der Waals surface area contributed by atoms with Crippen molar-refractivity contribution in [2.75, 3.05) is 13.2 Å². The van der Waals surface area contributed by atoms with E-state index >= 15 is 0 Å². The van der Waals surface area contributed by atoms with Gasteiger partial charge in [-0.2, -0.15) is 0 Å². The van der Waals surface area contributed by atoms with Crippen LogP contribution in [-0.4, -0.2) is 37.2 Å². The Morgan fingerprint density at radius 3 is 0.829 bits per heavy atom. The minimum absolute atomic E-state index is 0.113. The maximum Gasteiger partial charge on any atom is 0.306 e. The molecular weight excluding hydrogens is 937 g/mol. The van der Waals surface area contributed by atoms with E-state index in [9.17, 15) is 14.4 Å². The van der Waals surface area contributed by atoms with Crippen molar-refractivity contribution in [2.45, 2.75) is 252 Å². The van der Waals surface area contributed by atoms with Gasteiger partial charge < -0.3 is 14.2 Å². The number of carbonyl (C=O) groups is 3. The highest BCUT2D eigenvalue weighted by molar-refractivity contribution is 5.71. The van der Waals surface area contributed by atoms with Crippen molar-refractivity contribution in [3.05, 3.63) is 158 Å². The second kappa shape index (κ2) is 62.6. The van der Waals surface area contributed by atoms with E-state index in [1.54, 1.807) is 0 Å². The van der Waals surface area contributed by atoms with E-state index in [1.165, 1.54) is 44.9 Å². The van der Waals surface area contributed by atoms with Crippen LogP contribution in [0.15, 0.2) is 158 Å². The van der Waals surface area contributed by atoms with Crippen LogP contribution in [0.4, 0.5) is 0 Å². The smallest absolute Gasteiger partial charge is 0.306 e. The maximum absolute atomic E-state index is 12.9. The second-order valence-corrected chi connectivity index (χ2v) is 19.5. The summed E-state index contributed by atoms with van der Waals surface area (Å²) in [5.41, 5.74) is 0. The van der Waals surface area contributed by atoms with Crippen LogP contribution in [0.2, 0.25) is 0 Å². The molecule has 1 unspecified atom stereocenters. The Morgan fingerprint density at radius 1 is 0.276 bits per heavy atom. The first kappa shape index (κ1) is 71.0. The number of unbranched alkanes of at least 4 members (excludes halogenated alkanes) is 16. The number of carbonyl (C=O) groups excluding carboxylic acids is 3. The Bertz CT molecular complexity index is 1720. The van der Waals surface area contributed by atoms with Gasteiger partial charge in [0.25, 0.3) is 0 Å². The molecule has 0 rings (SSSR count). The first-order chi connectivity index (χ1) is 37.5. The van der Waals surface area contributed by atoms with Gasteiger partial charge in [0, 0.05) is 19.3 Å². The molecule has 0 aromatic carbocycles. The minimum atomic E-state index is -0.822. The van der Waals surface area contributed by atoms with Crippen LogP contribution in [0.25, 0.3) is 0 Å². The lowest BCUT2D eigenvalue weighted by molar-refractivity contribution is -0.167. The first-order valence-electron chi connectivity index (χ1n) is 30.5. The van der Waals surface area contributed by atoms with Crippen molar-refractivity contribution in [3.8, 4) is 0 Å². The fourth-order valence-corrected chi connectivity index (χ4v) is 7.74. The van der Waals surface area contributed by atoms with E-state index in [-0.39, 0.29) is 37.5 Å². The predicted octanol–water partition coefficient (Wildman–Crippen LogP) is 20.9. The van der Waals surface area contributed by atoms with Crippen molar-refractivity contribution in [1.82, 2.24) is 0 Å². The lowest BCUT2D eigenvalue weighted by Crippen LogP contribution is -2.30. The van der Waals surface area contributed by atoms with E-state index in [0.717, 1.165) is 154 Å². The molecule has 0 aliphatic rings. The lowest BCUT2D eigenvalue weighted by Gasteiger charge is -2.18. The van der Waals surface area contributed by atoms with E-state index in [0.29, 0.717) is 19.3 Å². The largest absolute Gasteiger partial charge is 0.462 e. The molecule has 0 aromatic rings. The summed E-state index contributed by atoms with van der Waals surface area (Å²) in [6.45, 7) is 6.33. The predicted molar refractivity (Wildman–Crippen MR) is 329 cm³/mol. The first-order valence-corrected chi connectivity index (χ1v) is 30.5. The molecule has 1 atom stereocenters. The molecule has 0 amide bonds. The topological polar surface area (TPSA) is 78.9 Å². The number of hydrogen-bond acceptors (Lipinski definition) is 6. The monoisotopic (exact) mass is 1050 g/mol. The Labute approximate surface area is 467 Å². The SMILES string of the molecule is CC/C=C\C/C=C\C/C=C\C/C=C\C/C=C\C/C=C\C/C=C\CCCCCC(=O)OCC(COC(=O)CCCCCCC/C=C\CCCCCCC)OC(=O)CCCCC/C=C\C/C=C\C/C=C\C/C=C\C/C=C\CC. The summed E-state index contributed by atoms with van der Waals surface area (Å²) in [4.78, 5) is 38.2. The zero-order valence-corrected chi connectivity index (χ0v) is 48.7. The van der Waals surface area contributed by atoms with Crippen molar-refractivity contribution in [2.24, 2.45) is 0 Å².